The second kappa shape index (κ2) is 6.22. The van der Waals surface area contributed by atoms with Gasteiger partial charge in [-0.2, -0.15) is 0 Å². The Morgan fingerprint density at radius 2 is 2.33 bits per heavy atom. The summed E-state index contributed by atoms with van der Waals surface area (Å²) < 4.78 is 0. The Morgan fingerprint density at radius 1 is 1.53 bits per heavy atom. The van der Waals surface area contributed by atoms with Gasteiger partial charge in [0.1, 0.15) is 11.6 Å². The number of carbonyl (C=O) groups is 1. The highest BCUT2D eigenvalue weighted by Gasteiger charge is 2.14. The van der Waals surface area contributed by atoms with Crippen molar-refractivity contribution in [1.29, 1.82) is 0 Å². The van der Waals surface area contributed by atoms with E-state index in [1.165, 1.54) is 0 Å². The Bertz CT molecular complexity index is 272. The van der Waals surface area contributed by atoms with Crippen molar-refractivity contribution >= 4 is 11.8 Å². The van der Waals surface area contributed by atoms with Gasteiger partial charge >= 0.3 is 0 Å². The van der Waals surface area contributed by atoms with E-state index in [2.05, 4.69) is 5.32 Å². The quantitative estimate of drug-likeness (QED) is 0.464. The molecule has 15 heavy (non-hydrogen) atoms. The Morgan fingerprint density at radius 3 is 3.00 bits per heavy atom. The summed E-state index contributed by atoms with van der Waals surface area (Å²) in [5.41, 5.74) is 5.72. The number of unbranched alkanes of at least 4 members (excludes halogenated alkanes) is 1. The largest absolute Gasteiger partial charge is 0.370 e. The number of hydrogen-bond donors (Lipinski definition) is 2. The average molecular weight is 211 g/mol. The van der Waals surface area contributed by atoms with Gasteiger partial charge in [0.2, 0.25) is 5.91 Å². The topological polar surface area (TPSA) is 75.4 Å². The maximum absolute atomic E-state index is 10.6. The highest BCUT2D eigenvalue weighted by atomic mass is 16.1. The molecule has 1 amide bonds. The van der Waals surface area contributed by atoms with Crippen LogP contribution in [0.3, 0.4) is 0 Å². The van der Waals surface area contributed by atoms with Crippen molar-refractivity contribution in [3.8, 4) is 0 Å². The third kappa shape index (κ3) is 4.14. The van der Waals surface area contributed by atoms with Gasteiger partial charge in [-0.05, 0) is 12.8 Å². The van der Waals surface area contributed by atoms with Gasteiger partial charge in [0.05, 0.1) is 0 Å². The van der Waals surface area contributed by atoms with Gasteiger partial charge in [0, 0.05) is 32.6 Å². The van der Waals surface area contributed by atoms with E-state index in [-0.39, 0.29) is 5.91 Å². The van der Waals surface area contributed by atoms with Gasteiger partial charge in [-0.25, -0.2) is 4.79 Å². The van der Waals surface area contributed by atoms with Crippen molar-refractivity contribution in [2.75, 3.05) is 26.2 Å². The van der Waals surface area contributed by atoms with E-state index in [4.69, 9.17) is 5.73 Å². The summed E-state index contributed by atoms with van der Waals surface area (Å²) in [4.78, 5) is 23.1. The van der Waals surface area contributed by atoms with Gasteiger partial charge in [0.25, 0.3) is 0 Å². The van der Waals surface area contributed by atoms with E-state index < -0.39 is 0 Å². The minimum Gasteiger partial charge on any atom is -0.370 e. The molecule has 0 aromatic carbocycles. The molecule has 5 heteroatoms. The fraction of sp³-hybridized carbons (Fsp3) is 0.700. The summed E-state index contributed by atoms with van der Waals surface area (Å²) >= 11 is 0. The number of piperazine rings is 1. The number of nitrogens with two attached hydrogens (primary N) is 1. The van der Waals surface area contributed by atoms with E-state index in [0.717, 1.165) is 32.5 Å². The third-order valence-electron chi connectivity index (χ3n) is 2.45. The molecule has 0 spiro atoms. The van der Waals surface area contributed by atoms with Crippen molar-refractivity contribution in [3.63, 3.8) is 0 Å². The molecule has 1 rings (SSSR count). The van der Waals surface area contributed by atoms with E-state index in [0.29, 0.717) is 18.7 Å². The van der Waals surface area contributed by atoms with Crippen LogP contribution in [0.4, 0.5) is 0 Å². The number of rotatable bonds is 5. The summed E-state index contributed by atoms with van der Waals surface area (Å²) in [6, 6.07) is 0. The first-order chi connectivity index (χ1) is 7.24. The summed E-state index contributed by atoms with van der Waals surface area (Å²) in [6.07, 6.45) is 2.09. The fourth-order valence-corrected chi connectivity index (χ4v) is 1.62. The van der Waals surface area contributed by atoms with E-state index in [1.807, 2.05) is 10.8 Å². The molecule has 0 saturated carbocycles. The zero-order chi connectivity index (χ0) is 11.1. The Kier molecular flexibility index (Phi) is 4.87. The number of carbonyl (C=O) groups excluding carboxylic acids is 2. The molecule has 0 aromatic rings. The van der Waals surface area contributed by atoms with E-state index in [9.17, 15) is 9.59 Å². The van der Waals surface area contributed by atoms with Gasteiger partial charge in [-0.15, -0.1) is 0 Å². The molecule has 1 aliphatic heterocycles. The number of nitrogens with zero attached hydrogens (tertiary/aromatic N) is 1. The monoisotopic (exact) mass is 211 g/mol. The minimum absolute atomic E-state index is 0.263. The predicted octanol–water partition coefficient (Wildman–Crippen LogP) is -0.737. The van der Waals surface area contributed by atoms with Crippen LogP contribution < -0.4 is 11.1 Å². The zero-order valence-electron chi connectivity index (χ0n) is 8.79. The molecular formula is C10H17N3O2. The molecule has 0 radical (unpaired) electrons. The zero-order valence-corrected chi connectivity index (χ0v) is 8.79. The number of nitrogens with one attached hydrogen (secondary N) is 1. The molecule has 0 atom stereocenters. The van der Waals surface area contributed by atoms with Crippen LogP contribution in [-0.2, 0) is 9.59 Å². The third-order valence-corrected chi connectivity index (χ3v) is 2.45. The molecule has 3 N–H and O–H groups in total. The van der Waals surface area contributed by atoms with Crippen molar-refractivity contribution in [3.05, 3.63) is 5.70 Å². The fourth-order valence-electron chi connectivity index (χ4n) is 1.62. The Balaban J connectivity index is 2.24. The molecule has 5 nitrogen and oxygen atoms in total. The van der Waals surface area contributed by atoms with Crippen LogP contribution in [0.25, 0.3) is 0 Å². The number of amides is 1. The molecule has 0 aliphatic carbocycles. The standard InChI is InChI=1S/C10H17N3O2/c11-10(15)3-1-2-5-13-6-4-12-7-9(13)8-14/h12H,1-7H2,(H2,11,15). The average Bonchev–Trinajstić information content (AvgIpc) is 2.24. The van der Waals surface area contributed by atoms with Crippen molar-refractivity contribution < 1.29 is 9.59 Å². The van der Waals surface area contributed by atoms with Gasteiger partial charge in [-0.3, -0.25) is 4.79 Å². The molecule has 84 valence electrons. The van der Waals surface area contributed by atoms with Crippen LogP contribution in [0, 0.1) is 0 Å². The van der Waals surface area contributed by atoms with Crippen molar-refractivity contribution in [1.82, 2.24) is 10.2 Å². The molecular weight excluding hydrogens is 194 g/mol. The molecule has 0 aromatic heterocycles. The highest BCUT2D eigenvalue weighted by molar-refractivity contribution is 5.73. The summed E-state index contributed by atoms with van der Waals surface area (Å²) in [7, 11) is 0. The first kappa shape index (κ1) is 11.8. The summed E-state index contributed by atoms with van der Waals surface area (Å²) in [6.45, 7) is 3.13. The van der Waals surface area contributed by atoms with Crippen molar-refractivity contribution in [2.45, 2.75) is 19.3 Å². The summed E-state index contributed by atoms with van der Waals surface area (Å²) in [5, 5.41) is 3.11. The van der Waals surface area contributed by atoms with Crippen LogP contribution in [-0.4, -0.2) is 42.9 Å². The lowest BCUT2D eigenvalue weighted by Gasteiger charge is -2.29. The molecule has 1 saturated heterocycles. The van der Waals surface area contributed by atoms with Crippen LogP contribution in [0.2, 0.25) is 0 Å². The number of hydrogen-bond acceptors (Lipinski definition) is 4. The maximum atomic E-state index is 10.6. The van der Waals surface area contributed by atoms with E-state index in [1.54, 1.807) is 0 Å². The predicted molar refractivity (Wildman–Crippen MR) is 56.7 cm³/mol. The van der Waals surface area contributed by atoms with Crippen LogP contribution in [0.15, 0.2) is 5.70 Å². The first-order valence-electron chi connectivity index (χ1n) is 5.22. The Labute approximate surface area is 89.3 Å². The van der Waals surface area contributed by atoms with Crippen LogP contribution in [0.5, 0.6) is 0 Å². The van der Waals surface area contributed by atoms with Gasteiger partial charge in [0.15, 0.2) is 0 Å². The lowest BCUT2D eigenvalue weighted by Crippen LogP contribution is -2.42. The van der Waals surface area contributed by atoms with Crippen LogP contribution in [0.1, 0.15) is 19.3 Å². The first-order valence-corrected chi connectivity index (χ1v) is 5.22. The lowest BCUT2D eigenvalue weighted by atomic mass is 10.2. The van der Waals surface area contributed by atoms with Crippen LogP contribution >= 0.6 is 0 Å². The molecule has 1 aliphatic rings. The minimum atomic E-state index is -0.263. The van der Waals surface area contributed by atoms with Gasteiger partial charge in [-0.1, -0.05) is 0 Å². The van der Waals surface area contributed by atoms with E-state index >= 15 is 0 Å². The smallest absolute Gasteiger partial charge is 0.217 e. The maximum Gasteiger partial charge on any atom is 0.217 e. The normalized spacial score (nSPS) is 16.3. The number of primary amides is 1. The second-order valence-corrected chi connectivity index (χ2v) is 3.64. The van der Waals surface area contributed by atoms with Crippen molar-refractivity contribution in [2.24, 2.45) is 5.73 Å². The Hall–Kier alpha value is -1.32. The second-order valence-electron chi connectivity index (χ2n) is 3.64. The molecule has 0 bridgehead atoms. The molecule has 1 heterocycles. The molecule has 1 fully saturated rings. The molecule has 0 unspecified atom stereocenters. The SMILES string of the molecule is NC(=O)CCCCN1CCNCC1=C=O. The summed E-state index contributed by atoms with van der Waals surface area (Å²) in [5.74, 6) is 1.68. The highest BCUT2D eigenvalue weighted by Crippen LogP contribution is 2.06. The van der Waals surface area contributed by atoms with Gasteiger partial charge < -0.3 is 16.0 Å². The lowest BCUT2D eigenvalue weighted by molar-refractivity contribution is -0.118.